The minimum Gasteiger partial charge on any atom is -0.481 e. The van der Waals surface area contributed by atoms with Crippen molar-refractivity contribution in [1.29, 1.82) is 0 Å². The molecule has 6 heteroatoms. The average Bonchev–Trinajstić information content (AvgIpc) is 2.80. The predicted octanol–water partition coefficient (Wildman–Crippen LogP) is 1.50. The Labute approximate surface area is 105 Å². The Morgan fingerprint density at radius 3 is 2.72 bits per heavy atom. The Balaban J connectivity index is 2.14. The van der Waals surface area contributed by atoms with Gasteiger partial charge < -0.3 is 14.8 Å². The summed E-state index contributed by atoms with van der Waals surface area (Å²) in [5.41, 5.74) is 0. The molecule has 0 saturated carbocycles. The number of amides is 1. The standard InChI is InChI=1S/C12H18N2O4/c1-2-9-7-14-11(18-9)8-13-10(15)5-3-4-6-12(16)17/h7H,2-6,8H2,1H3,(H,13,15)(H,16,17). The van der Waals surface area contributed by atoms with Crippen LogP contribution in [0.2, 0.25) is 0 Å². The van der Waals surface area contributed by atoms with Gasteiger partial charge in [-0.2, -0.15) is 0 Å². The molecule has 0 saturated heterocycles. The first kappa shape index (κ1) is 14.2. The highest BCUT2D eigenvalue weighted by molar-refractivity contribution is 5.75. The Bertz CT molecular complexity index is 401. The van der Waals surface area contributed by atoms with Crippen LogP contribution >= 0.6 is 0 Å². The molecule has 0 atom stereocenters. The molecule has 1 rings (SSSR count). The van der Waals surface area contributed by atoms with E-state index in [1.165, 1.54) is 0 Å². The number of oxazole rings is 1. The van der Waals surface area contributed by atoms with Crippen LogP contribution in [0.1, 0.15) is 44.3 Å². The van der Waals surface area contributed by atoms with E-state index in [9.17, 15) is 9.59 Å². The van der Waals surface area contributed by atoms with Crippen LogP contribution in [0, 0.1) is 0 Å². The molecule has 0 spiro atoms. The van der Waals surface area contributed by atoms with Gasteiger partial charge in [0.15, 0.2) is 0 Å². The van der Waals surface area contributed by atoms with Crippen LogP contribution in [-0.2, 0) is 22.6 Å². The zero-order valence-electron chi connectivity index (χ0n) is 10.4. The Hall–Kier alpha value is -1.85. The summed E-state index contributed by atoms with van der Waals surface area (Å²) in [6.45, 7) is 2.24. The molecule has 1 amide bonds. The predicted molar refractivity (Wildman–Crippen MR) is 63.8 cm³/mol. The number of unbranched alkanes of at least 4 members (excludes halogenated alkanes) is 1. The number of hydrogen-bond acceptors (Lipinski definition) is 4. The molecule has 0 aliphatic carbocycles. The van der Waals surface area contributed by atoms with E-state index in [2.05, 4.69) is 10.3 Å². The summed E-state index contributed by atoms with van der Waals surface area (Å²) >= 11 is 0. The monoisotopic (exact) mass is 254 g/mol. The Kier molecular flexibility index (Phi) is 5.90. The molecule has 1 aromatic rings. The van der Waals surface area contributed by atoms with E-state index in [0.717, 1.165) is 12.2 Å². The van der Waals surface area contributed by atoms with E-state index >= 15 is 0 Å². The van der Waals surface area contributed by atoms with Crippen LogP contribution in [0.25, 0.3) is 0 Å². The van der Waals surface area contributed by atoms with Crippen molar-refractivity contribution in [3.8, 4) is 0 Å². The summed E-state index contributed by atoms with van der Waals surface area (Å²) in [5.74, 6) is 0.338. The summed E-state index contributed by atoms with van der Waals surface area (Å²) in [7, 11) is 0. The summed E-state index contributed by atoms with van der Waals surface area (Å²) in [5, 5.41) is 11.1. The number of carbonyl (C=O) groups is 2. The van der Waals surface area contributed by atoms with E-state index < -0.39 is 5.97 Å². The van der Waals surface area contributed by atoms with Crippen molar-refractivity contribution in [2.75, 3.05) is 0 Å². The molecule has 1 heterocycles. The first-order valence-corrected chi connectivity index (χ1v) is 6.04. The summed E-state index contributed by atoms with van der Waals surface area (Å²) in [6.07, 6.45) is 3.94. The molecule has 6 nitrogen and oxygen atoms in total. The van der Waals surface area contributed by atoms with Crippen LogP contribution in [0.5, 0.6) is 0 Å². The van der Waals surface area contributed by atoms with Crippen molar-refractivity contribution in [1.82, 2.24) is 10.3 Å². The number of hydrogen-bond donors (Lipinski definition) is 2. The number of carboxylic acid groups (broad SMARTS) is 1. The largest absolute Gasteiger partial charge is 0.481 e. The first-order chi connectivity index (χ1) is 8.61. The fourth-order valence-corrected chi connectivity index (χ4v) is 1.42. The van der Waals surface area contributed by atoms with Gasteiger partial charge in [0.2, 0.25) is 11.8 Å². The molecule has 2 N–H and O–H groups in total. The molecule has 0 bridgehead atoms. The quantitative estimate of drug-likeness (QED) is 0.686. The Morgan fingerprint density at radius 1 is 1.39 bits per heavy atom. The lowest BCUT2D eigenvalue weighted by atomic mass is 10.2. The molecule has 0 aliphatic heterocycles. The topological polar surface area (TPSA) is 92.4 Å². The molecule has 0 aromatic carbocycles. The van der Waals surface area contributed by atoms with Crippen molar-refractivity contribution >= 4 is 11.9 Å². The fourth-order valence-electron chi connectivity index (χ4n) is 1.42. The molecule has 0 aliphatic rings. The zero-order chi connectivity index (χ0) is 13.4. The number of carbonyl (C=O) groups excluding carboxylic acids is 1. The maximum atomic E-state index is 11.4. The lowest BCUT2D eigenvalue weighted by Gasteiger charge is -2.01. The summed E-state index contributed by atoms with van der Waals surface area (Å²) in [4.78, 5) is 25.7. The third-order valence-electron chi connectivity index (χ3n) is 2.43. The molecule has 18 heavy (non-hydrogen) atoms. The first-order valence-electron chi connectivity index (χ1n) is 6.04. The number of rotatable bonds is 8. The second-order valence-electron chi connectivity index (χ2n) is 3.95. The van der Waals surface area contributed by atoms with Gasteiger partial charge in [0, 0.05) is 19.3 Å². The number of aromatic nitrogens is 1. The van der Waals surface area contributed by atoms with Gasteiger partial charge in [-0.1, -0.05) is 6.92 Å². The van der Waals surface area contributed by atoms with Gasteiger partial charge in [-0.25, -0.2) is 4.98 Å². The minimum atomic E-state index is -0.831. The van der Waals surface area contributed by atoms with Crippen LogP contribution in [0.3, 0.4) is 0 Å². The van der Waals surface area contributed by atoms with Gasteiger partial charge in [-0.3, -0.25) is 9.59 Å². The number of nitrogens with one attached hydrogen (secondary N) is 1. The molecule has 0 unspecified atom stereocenters. The molecular weight excluding hydrogens is 236 g/mol. The van der Waals surface area contributed by atoms with Gasteiger partial charge in [0.05, 0.1) is 12.7 Å². The maximum absolute atomic E-state index is 11.4. The third kappa shape index (κ3) is 5.47. The average molecular weight is 254 g/mol. The van der Waals surface area contributed by atoms with Gasteiger partial charge in [0.1, 0.15) is 5.76 Å². The van der Waals surface area contributed by atoms with Crippen molar-refractivity contribution in [3.05, 3.63) is 17.8 Å². The molecule has 1 aromatic heterocycles. The number of aryl methyl sites for hydroxylation is 1. The van der Waals surface area contributed by atoms with E-state index in [4.69, 9.17) is 9.52 Å². The van der Waals surface area contributed by atoms with Gasteiger partial charge in [-0.05, 0) is 12.8 Å². The molecular formula is C12H18N2O4. The summed E-state index contributed by atoms with van der Waals surface area (Å²) < 4.78 is 5.34. The van der Waals surface area contributed by atoms with Crippen molar-refractivity contribution in [2.24, 2.45) is 0 Å². The fraction of sp³-hybridized carbons (Fsp3) is 0.583. The smallest absolute Gasteiger partial charge is 0.303 e. The SMILES string of the molecule is CCc1cnc(CNC(=O)CCCCC(=O)O)o1. The van der Waals surface area contributed by atoms with Gasteiger partial charge >= 0.3 is 5.97 Å². The van der Waals surface area contributed by atoms with E-state index in [0.29, 0.717) is 25.2 Å². The van der Waals surface area contributed by atoms with E-state index in [1.807, 2.05) is 6.92 Å². The normalized spacial score (nSPS) is 10.3. The highest BCUT2D eigenvalue weighted by atomic mass is 16.4. The zero-order valence-corrected chi connectivity index (χ0v) is 10.4. The van der Waals surface area contributed by atoms with Crippen LogP contribution in [0.15, 0.2) is 10.6 Å². The molecule has 0 fully saturated rings. The second-order valence-corrected chi connectivity index (χ2v) is 3.95. The highest BCUT2D eigenvalue weighted by Gasteiger charge is 2.06. The number of carboxylic acids is 1. The number of nitrogens with zero attached hydrogens (tertiary/aromatic N) is 1. The third-order valence-corrected chi connectivity index (χ3v) is 2.43. The molecule has 100 valence electrons. The second kappa shape index (κ2) is 7.47. The minimum absolute atomic E-state index is 0.104. The Morgan fingerprint density at radius 2 is 2.11 bits per heavy atom. The lowest BCUT2D eigenvalue weighted by Crippen LogP contribution is -2.22. The van der Waals surface area contributed by atoms with Crippen LogP contribution < -0.4 is 5.32 Å². The summed E-state index contributed by atoms with van der Waals surface area (Å²) in [6, 6.07) is 0. The van der Waals surface area contributed by atoms with Crippen LogP contribution in [0.4, 0.5) is 0 Å². The highest BCUT2D eigenvalue weighted by Crippen LogP contribution is 2.04. The van der Waals surface area contributed by atoms with Crippen molar-refractivity contribution in [3.63, 3.8) is 0 Å². The molecule has 0 radical (unpaired) electrons. The maximum Gasteiger partial charge on any atom is 0.303 e. The van der Waals surface area contributed by atoms with Gasteiger partial charge in [0.25, 0.3) is 0 Å². The van der Waals surface area contributed by atoms with Crippen molar-refractivity contribution < 1.29 is 19.1 Å². The van der Waals surface area contributed by atoms with Crippen molar-refractivity contribution in [2.45, 2.75) is 45.6 Å². The van der Waals surface area contributed by atoms with E-state index in [-0.39, 0.29) is 18.9 Å². The van der Waals surface area contributed by atoms with E-state index in [1.54, 1.807) is 6.20 Å². The lowest BCUT2D eigenvalue weighted by molar-refractivity contribution is -0.137. The number of aliphatic carboxylic acids is 1. The van der Waals surface area contributed by atoms with Crippen LogP contribution in [-0.4, -0.2) is 22.0 Å². The van der Waals surface area contributed by atoms with Gasteiger partial charge in [-0.15, -0.1) is 0 Å².